The predicted molar refractivity (Wildman–Crippen MR) is 76.2 cm³/mol. The molecule has 4 nitrogen and oxygen atoms in total. The zero-order valence-corrected chi connectivity index (χ0v) is 12.4. The van der Waals surface area contributed by atoms with Gasteiger partial charge in [-0.1, -0.05) is 0 Å². The second-order valence-electron chi connectivity index (χ2n) is 5.16. The fraction of sp³-hybridized carbons (Fsp3) is 0.533. The van der Waals surface area contributed by atoms with E-state index < -0.39 is 0 Å². The summed E-state index contributed by atoms with van der Waals surface area (Å²) < 4.78 is 7.58. The zero-order chi connectivity index (χ0) is 14.0. The Balaban J connectivity index is 2.12. The van der Waals surface area contributed by atoms with Crippen LogP contribution < -0.4 is 5.32 Å². The number of hydrogen-bond donors (Lipinski definition) is 1. The van der Waals surface area contributed by atoms with E-state index in [1.165, 1.54) is 16.7 Å². The Morgan fingerprint density at radius 2 is 2.05 bits per heavy atom. The molecule has 2 aromatic rings. The lowest BCUT2D eigenvalue weighted by Crippen LogP contribution is -2.18. The van der Waals surface area contributed by atoms with Crippen LogP contribution in [0, 0.1) is 20.8 Å². The highest BCUT2D eigenvalue weighted by atomic mass is 16.3. The van der Waals surface area contributed by atoms with E-state index in [1.807, 2.05) is 38.8 Å². The molecular weight excluding hydrogens is 238 g/mol. The third-order valence-corrected chi connectivity index (χ3v) is 3.79. The van der Waals surface area contributed by atoms with Gasteiger partial charge in [0.1, 0.15) is 11.5 Å². The van der Waals surface area contributed by atoms with E-state index in [1.54, 1.807) is 0 Å². The van der Waals surface area contributed by atoms with Gasteiger partial charge in [0.15, 0.2) is 0 Å². The van der Waals surface area contributed by atoms with Crippen molar-refractivity contribution in [2.24, 2.45) is 7.05 Å². The first-order chi connectivity index (χ1) is 9.02. The van der Waals surface area contributed by atoms with Crippen molar-refractivity contribution in [1.82, 2.24) is 15.1 Å². The smallest absolute Gasteiger partial charge is 0.106 e. The van der Waals surface area contributed by atoms with Gasteiger partial charge in [0.25, 0.3) is 0 Å². The van der Waals surface area contributed by atoms with Crippen molar-refractivity contribution in [2.75, 3.05) is 7.05 Å². The molecule has 0 amide bonds. The molecule has 1 unspecified atom stereocenters. The van der Waals surface area contributed by atoms with Gasteiger partial charge in [0.05, 0.1) is 6.20 Å². The van der Waals surface area contributed by atoms with Gasteiger partial charge in [-0.2, -0.15) is 5.10 Å². The Labute approximate surface area is 114 Å². The van der Waals surface area contributed by atoms with Gasteiger partial charge in [0.2, 0.25) is 0 Å². The van der Waals surface area contributed by atoms with Crippen molar-refractivity contribution in [3.8, 4) is 0 Å². The van der Waals surface area contributed by atoms with Gasteiger partial charge in [-0.3, -0.25) is 4.68 Å². The van der Waals surface area contributed by atoms with Crippen molar-refractivity contribution >= 4 is 0 Å². The second kappa shape index (κ2) is 5.61. The maximum absolute atomic E-state index is 5.73. The fourth-order valence-corrected chi connectivity index (χ4v) is 2.67. The summed E-state index contributed by atoms with van der Waals surface area (Å²) in [6.45, 7) is 6.21. The van der Waals surface area contributed by atoms with Crippen LogP contribution in [0.3, 0.4) is 0 Å². The minimum absolute atomic E-state index is 0.331. The van der Waals surface area contributed by atoms with E-state index in [2.05, 4.69) is 23.5 Å². The van der Waals surface area contributed by atoms with Crippen molar-refractivity contribution in [2.45, 2.75) is 39.7 Å². The number of aryl methyl sites for hydroxylation is 4. The van der Waals surface area contributed by atoms with Crippen LogP contribution >= 0.6 is 0 Å². The summed E-state index contributed by atoms with van der Waals surface area (Å²) in [4.78, 5) is 0. The van der Waals surface area contributed by atoms with E-state index in [0.717, 1.165) is 24.4 Å². The van der Waals surface area contributed by atoms with E-state index in [9.17, 15) is 0 Å². The van der Waals surface area contributed by atoms with Crippen molar-refractivity contribution in [1.29, 1.82) is 0 Å². The van der Waals surface area contributed by atoms with E-state index in [4.69, 9.17) is 4.42 Å². The molecule has 0 fully saturated rings. The van der Waals surface area contributed by atoms with Crippen molar-refractivity contribution in [3.63, 3.8) is 0 Å². The molecule has 1 atom stereocenters. The summed E-state index contributed by atoms with van der Waals surface area (Å²) >= 11 is 0. The van der Waals surface area contributed by atoms with Gasteiger partial charge < -0.3 is 9.73 Å². The average molecular weight is 261 g/mol. The van der Waals surface area contributed by atoms with Gasteiger partial charge in [-0.25, -0.2) is 0 Å². The van der Waals surface area contributed by atoms with Crippen LogP contribution in [0.1, 0.15) is 40.7 Å². The Kier molecular flexibility index (Phi) is 4.10. The maximum atomic E-state index is 5.73. The minimum atomic E-state index is 0.331. The van der Waals surface area contributed by atoms with Gasteiger partial charge in [-0.05, 0) is 51.8 Å². The van der Waals surface area contributed by atoms with Crippen molar-refractivity contribution in [3.05, 3.63) is 40.6 Å². The van der Waals surface area contributed by atoms with Gasteiger partial charge in [0, 0.05) is 24.8 Å². The minimum Gasteiger partial charge on any atom is -0.466 e. The summed E-state index contributed by atoms with van der Waals surface area (Å²) in [7, 11) is 3.96. The first-order valence-corrected chi connectivity index (χ1v) is 6.74. The third kappa shape index (κ3) is 2.89. The molecule has 2 heterocycles. The highest BCUT2D eigenvalue weighted by molar-refractivity contribution is 5.34. The van der Waals surface area contributed by atoms with Crippen molar-refractivity contribution < 1.29 is 4.42 Å². The molecule has 0 radical (unpaired) electrons. The molecule has 1 N–H and O–H groups in total. The Morgan fingerprint density at radius 1 is 1.32 bits per heavy atom. The van der Waals surface area contributed by atoms with Gasteiger partial charge >= 0.3 is 0 Å². The molecule has 0 aliphatic heterocycles. The summed E-state index contributed by atoms with van der Waals surface area (Å²) in [5.41, 5.74) is 3.85. The summed E-state index contributed by atoms with van der Waals surface area (Å²) in [6.07, 6.45) is 6.07. The SMILES string of the molecule is CNC(CCc1cnn(C)c1)c1c(C)oc(C)c1C. The van der Waals surface area contributed by atoms with Crippen LogP contribution in [-0.2, 0) is 13.5 Å². The second-order valence-corrected chi connectivity index (χ2v) is 5.16. The molecule has 0 bridgehead atoms. The monoisotopic (exact) mass is 261 g/mol. The highest BCUT2D eigenvalue weighted by Gasteiger charge is 2.19. The lowest BCUT2D eigenvalue weighted by molar-refractivity contribution is 0.483. The zero-order valence-electron chi connectivity index (χ0n) is 12.4. The first-order valence-electron chi connectivity index (χ1n) is 6.74. The molecule has 19 heavy (non-hydrogen) atoms. The quantitative estimate of drug-likeness (QED) is 0.900. The summed E-state index contributed by atoms with van der Waals surface area (Å²) in [5, 5.41) is 7.61. The number of aromatic nitrogens is 2. The maximum Gasteiger partial charge on any atom is 0.106 e. The predicted octanol–water partition coefficient (Wildman–Crippen LogP) is 2.83. The summed E-state index contributed by atoms with van der Waals surface area (Å²) in [5.74, 6) is 2.05. The van der Waals surface area contributed by atoms with E-state index >= 15 is 0 Å². The third-order valence-electron chi connectivity index (χ3n) is 3.79. The lowest BCUT2D eigenvalue weighted by atomic mass is 9.97. The van der Waals surface area contributed by atoms with Crippen LogP contribution in [0.2, 0.25) is 0 Å². The standard InChI is InChI=1S/C15H23N3O/c1-10-11(2)19-12(3)15(10)14(16-4)7-6-13-8-17-18(5)9-13/h8-9,14,16H,6-7H2,1-5H3. The number of nitrogens with zero attached hydrogens (tertiary/aromatic N) is 2. The van der Waals surface area contributed by atoms with E-state index in [0.29, 0.717) is 6.04 Å². The number of furan rings is 1. The molecule has 0 saturated carbocycles. The molecule has 104 valence electrons. The largest absolute Gasteiger partial charge is 0.466 e. The molecule has 0 spiro atoms. The van der Waals surface area contributed by atoms with Crippen LogP contribution in [0.5, 0.6) is 0 Å². The molecule has 2 aromatic heterocycles. The molecule has 2 rings (SSSR count). The van der Waals surface area contributed by atoms with E-state index in [-0.39, 0.29) is 0 Å². The molecule has 0 aliphatic carbocycles. The fourth-order valence-electron chi connectivity index (χ4n) is 2.67. The Bertz CT molecular complexity index is 554. The normalized spacial score (nSPS) is 12.9. The first kappa shape index (κ1) is 13.9. The lowest BCUT2D eigenvalue weighted by Gasteiger charge is -2.16. The van der Waals surface area contributed by atoms with Gasteiger partial charge in [-0.15, -0.1) is 0 Å². The average Bonchev–Trinajstić information content (AvgIpc) is 2.88. The number of hydrogen-bond acceptors (Lipinski definition) is 3. The number of rotatable bonds is 5. The molecule has 0 saturated heterocycles. The van der Waals surface area contributed by atoms with Crippen LogP contribution in [0.25, 0.3) is 0 Å². The van der Waals surface area contributed by atoms with Crippen LogP contribution in [-0.4, -0.2) is 16.8 Å². The number of nitrogens with one attached hydrogen (secondary N) is 1. The highest BCUT2D eigenvalue weighted by Crippen LogP contribution is 2.29. The topological polar surface area (TPSA) is 43.0 Å². The van der Waals surface area contributed by atoms with Crippen LogP contribution in [0.15, 0.2) is 16.8 Å². The Morgan fingerprint density at radius 3 is 2.53 bits per heavy atom. The molecular formula is C15H23N3O. The molecule has 0 aliphatic rings. The molecule has 0 aromatic carbocycles. The summed E-state index contributed by atoms with van der Waals surface area (Å²) in [6, 6.07) is 0.331. The molecule has 4 heteroatoms. The van der Waals surface area contributed by atoms with Crippen LogP contribution in [0.4, 0.5) is 0 Å². The Hall–Kier alpha value is -1.55.